The molecule has 7 heteroatoms. The van der Waals surface area contributed by atoms with Gasteiger partial charge in [0.1, 0.15) is 0 Å². The van der Waals surface area contributed by atoms with Gasteiger partial charge in [0.15, 0.2) is 5.01 Å². The topological polar surface area (TPSA) is 34.2 Å². The van der Waals surface area contributed by atoms with Gasteiger partial charge in [-0.05, 0) is 18.9 Å². The third-order valence-corrected chi connectivity index (χ3v) is 4.39. The van der Waals surface area contributed by atoms with E-state index in [0.717, 1.165) is 6.42 Å². The van der Waals surface area contributed by atoms with Crippen molar-refractivity contribution in [2.75, 3.05) is 13.2 Å². The van der Waals surface area contributed by atoms with E-state index in [2.05, 4.69) is 17.2 Å². The maximum atomic E-state index is 12.6. The summed E-state index contributed by atoms with van der Waals surface area (Å²) in [4.78, 5) is 4.08. The van der Waals surface area contributed by atoms with Crippen LogP contribution in [-0.4, -0.2) is 24.2 Å². The predicted octanol–water partition coefficient (Wildman–Crippen LogP) is 3.24. The summed E-state index contributed by atoms with van der Waals surface area (Å²) >= 11 is 0.698. The van der Waals surface area contributed by atoms with Gasteiger partial charge in [0, 0.05) is 17.7 Å². The summed E-state index contributed by atoms with van der Waals surface area (Å²) < 4.78 is 43.5. The first kappa shape index (κ1) is 14.7. The van der Waals surface area contributed by atoms with Gasteiger partial charge in [-0.15, -0.1) is 11.3 Å². The van der Waals surface area contributed by atoms with Crippen molar-refractivity contribution in [1.82, 2.24) is 10.3 Å². The summed E-state index contributed by atoms with van der Waals surface area (Å²) in [5, 5.41) is 2.42. The molecule has 1 aromatic heterocycles. The molecule has 0 bridgehead atoms. The minimum atomic E-state index is -4.37. The van der Waals surface area contributed by atoms with Gasteiger partial charge in [-0.1, -0.05) is 13.8 Å². The van der Waals surface area contributed by atoms with Crippen LogP contribution in [0.3, 0.4) is 0 Å². The van der Waals surface area contributed by atoms with Crippen LogP contribution in [0, 0.1) is 5.92 Å². The molecule has 0 saturated carbocycles. The Kier molecular flexibility index (Phi) is 4.47. The zero-order valence-corrected chi connectivity index (χ0v) is 11.6. The summed E-state index contributed by atoms with van der Waals surface area (Å²) in [6, 6.07) is -0.212. The second-order valence-corrected chi connectivity index (χ2v) is 5.76. The molecule has 0 aromatic carbocycles. The van der Waals surface area contributed by atoms with Crippen molar-refractivity contribution in [3.05, 3.63) is 16.1 Å². The van der Waals surface area contributed by atoms with Crippen molar-refractivity contribution in [2.45, 2.75) is 38.6 Å². The van der Waals surface area contributed by atoms with Crippen LogP contribution in [-0.2, 0) is 10.9 Å². The lowest BCUT2D eigenvalue weighted by atomic mass is 9.97. The number of hydrogen-bond acceptors (Lipinski definition) is 4. The van der Waals surface area contributed by atoms with E-state index in [1.807, 2.05) is 6.92 Å². The molecule has 2 rings (SSSR count). The van der Waals surface area contributed by atoms with Gasteiger partial charge in [0.2, 0.25) is 0 Å². The molecule has 108 valence electrons. The minimum absolute atomic E-state index is 0.0820. The molecular weight excluding hydrogens is 277 g/mol. The quantitative estimate of drug-likeness (QED) is 0.925. The number of ether oxygens (including phenoxy) is 1. The highest BCUT2D eigenvalue weighted by molar-refractivity contribution is 7.11. The van der Waals surface area contributed by atoms with Gasteiger partial charge in [0.05, 0.1) is 12.1 Å². The predicted molar refractivity (Wildman–Crippen MR) is 67.1 cm³/mol. The second-order valence-electron chi connectivity index (χ2n) is 4.70. The van der Waals surface area contributed by atoms with Crippen LogP contribution in [0.4, 0.5) is 13.2 Å². The van der Waals surface area contributed by atoms with E-state index >= 15 is 0 Å². The molecule has 19 heavy (non-hydrogen) atoms. The SMILES string of the molecule is CCNC(c1cnc(C(F)(F)F)s1)C1OCCC1C. The lowest BCUT2D eigenvalue weighted by molar-refractivity contribution is -0.137. The molecule has 3 unspecified atom stereocenters. The standard InChI is InChI=1S/C12H17F3N2OS/c1-3-16-9(10-7(2)4-5-18-10)8-6-17-11(19-8)12(13,14)15/h6-7,9-10,16H,3-5H2,1-2H3. The number of rotatable bonds is 4. The number of nitrogens with zero attached hydrogens (tertiary/aromatic N) is 1. The number of hydrogen-bond donors (Lipinski definition) is 1. The van der Waals surface area contributed by atoms with Crippen LogP contribution >= 0.6 is 11.3 Å². The molecular formula is C12H17F3N2OS. The maximum absolute atomic E-state index is 12.6. The Labute approximate surface area is 114 Å². The lowest BCUT2D eigenvalue weighted by Gasteiger charge is -2.25. The highest BCUT2D eigenvalue weighted by Crippen LogP contribution is 2.38. The number of nitrogens with one attached hydrogen (secondary N) is 1. The number of alkyl halides is 3. The number of thiazole rings is 1. The molecule has 1 fully saturated rings. The minimum Gasteiger partial charge on any atom is -0.376 e. The van der Waals surface area contributed by atoms with Crippen molar-refractivity contribution in [3.63, 3.8) is 0 Å². The van der Waals surface area contributed by atoms with Crippen LogP contribution in [0.25, 0.3) is 0 Å². The first-order chi connectivity index (χ1) is 8.93. The molecule has 1 aromatic rings. The fourth-order valence-electron chi connectivity index (χ4n) is 2.30. The molecule has 1 N–H and O–H groups in total. The first-order valence-electron chi connectivity index (χ1n) is 6.31. The van der Waals surface area contributed by atoms with Crippen molar-refractivity contribution >= 4 is 11.3 Å². The number of aromatic nitrogens is 1. The third kappa shape index (κ3) is 3.27. The van der Waals surface area contributed by atoms with Gasteiger partial charge in [-0.2, -0.15) is 13.2 Å². The lowest BCUT2D eigenvalue weighted by Crippen LogP contribution is -2.34. The number of likely N-dealkylation sites (N-methyl/N-ethyl adjacent to an activating group) is 1. The van der Waals surface area contributed by atoms with Crippen molar-refractivity contribution < 1.29 is 17.9 Å². The molecule has 0 spiro atoms. The molecule has 3 nitrogen and oxygen atoms in total. The highest BCUT2D eigenvalue weighted by Gasteiger charge is 2.38. The Morgan fingerprint density at radius 1 is 1.58 bits per heavy atom. The highest BCUT2D eigenvalue weighted by atomic mass is 32.1. The van der Waals surface area contributed by atoms with Gasteiger partial charge in [-0.25, -0.2) is 4.98 Å². The Morgan fingerprint density at radius 3 is 2.79 bits per heavy atom. The first-order valence-corrected chi connectivity index (χ1v) is 7.13. The Morgan fingerprint density at radius 2 is 2.32 bits per heavy atom. The zero-order chi connectivity index (χ0) is 14.0. The van der Waals surface area contributed by atoms with Gasteiger partial charge in [-0.3, -0.25) is 0 Å². The van der Waals surface area contributed by atoms with Crippen LogP contribution < -0.4 is 5.32 Å². The van der Waals surface area contributed by atoms with E-state index in [0.29, 0.717) is 35.3 Å². The van der Waals surface area contributed by atoms with Crippen LogP contribution in [0.15, 0.2) is 6.20 Å². The van der Waals surface area contributed by atoms with Crippen LogP contribution in [0.5, 0.6) is 0 Å². The molecule has 1 saturated heterocycles. The summed E-state index contributed by atoms with van der Waals surface area (Å²) in [6.45, 7) is 5.33. The van der Waals surface area contributed by atoms with E-state index in [1.165, 1.54) is 6.20 Å². The van der Waals surface area contributed by atoms with Crippen molar-refractivity contribution in [3.8, 4) is 0 Å². The van der Waals surface area contributed by atoms with Crippen molar-refractivity contribution in [1.29, 1.82) is 0 Å². The number of halogens is 3. The average molecular weight is 294 g/mol. The molecule has 3 atom stereocenters. The van der Waals surface area contributed by atoms with Gasteiger partial charge < -0.3 is 10.1 Å². The van der Waals surface area contributed by atoms with E-state index in [-0.39, 0.29) is 12.1 Å². The van der Waals surface area contributed by atoms with E-state index in [4.69, 9.17) is 4.74 Å². The molecule has 0 amide bonds. The maximum Gasteiger partial charge on any atom is 0.443 e. The summed E-state index contributed by atoms with van der Waals surface area (Å²) in [5.41, 5.74) is 0. The molecule has 2 heterocycles. The van der Waals surface area contributed by atoms with Crippen LogP contribution in [0.2, 0.25) is 0 Å². The van der Waals surface area contributed by atoms with Crippen molar-refractivity contribution in [2.24, 2.45) is 5.92 Å². The van der Waals surface area contributed by atoms with E-state index in [9.17, 15) is 13.2 Å². The largest absolute Gasteiger partial charge is 0.443 e. The smallest absolute Gasteiger partial charge is 0.376 e. The van der Waals surface area contributed by atoms with Gasteiger partial charge in [0.25, 0.3) is 0 Å². The average Bonchev–Trinajstić information content (AvgIpc) is 2.94. The Balaban J connectivity index is 2.21. The summed E-state index contributed by atoms with van der Waals surface area (Å²) in [5.74, 6) is 0.334. The second kappa shape index (κ2) is 5.76. The monoisotopic (exact) mass is 294 g/mol. The van der Waals surface area contributed by atoms with E-state index < -0.39 is 11.2 Å². The molecule has 1 aliphatic heterocycles. The fourth-order valence-corrected chi connectivity index (χ4v) is 3.20. The molecule has 1 aliphatic rings. The summed E-state index contributed by atoms with van der Waals surface area (Å²) in [7, 11) is 0. The van der Waals surface area contributed by atoms with E-state index in [1.54, 1.807) is 0 Å². The fraction of sp³-hybridized carbons (Fsp3) is 0.750. The Bertz CT molecular complexity index is 421. The normalized spacial score (nSPS) is 25.7. The molecule has 0 radical (unpaired) electrons. The third-order valence-electron chi connectivity index (χ3n) is 3.27. The molecule has 0 aliphatic carbocycles. The van der Waals surface area contributed by atoms with Crippen LogP contribution in [0.1, 0.15) is 36.2 Å². The summed E-state index contributed by atoms with van der Waals surface area (Å²) in [6.07, 6.45) is -2.20. The van der Waals surface area contributed by atoms with Gasteiger partial charge >= 0.3 is 6.18 Å². The zero-order valence-electron chi connectivity index (χ0n) is 10.8. The Hall–Kier alpha value is -0.660.